The number of hydrogen-bond donors (Lipinski definition) is 0. The van der Waals surface area contributed by atoms with Crippen molar-refractivity contribution < 1.29 is 38.1 Å². The molecule has 0 saturated heterocycles. The molecule has 8 nitrogen and oxygen atoms in total. The SMILES string of the molecule is CCOc1cccc(C(=O)OCC(COCC(=O)c2ccccc2OCC)OC(=O)c2cccc(C)c2)c1. The normalized spacial score (nSPS) is 11.3. The van der Waals surface area contributed by atoms with Crippen LogP contribution >= 0.6 is 0 Å². The van der Waals surface area contributed by atoms with Gasteiger partial charge in [-0.2, -0.15) is 0 Å². The molecule has 3 rings (SSSR count). The second-order valence-electron chi connectivity index (χ2n) is 8.32. The molecule has 38 heavy (non-hydrogen) atoms. The van der Waals surface area contributed by atoms with Gasteiger partial charge in [-0.15, -0.1) is 0 Å². The Balaban J connectivity index is 1.65. The van der Waals surface area contributed by atoms with E-state index in [1.807, 2.05) is 26.8 Å². The summed E-state index contributed by atoms with van der Waals surface area (Å²) in [5.41, 5.74) is 1.94. The number of rotatable bonds is 14. The maximum absolute atomic E-state index is 12.8. The molecule has 0 amide bonds. The number of benzene rings is 3. The molecule has 3 aromatic carbocycles. The lowest BCUT2D eigenvalue weighted by molar-refractivity contribution is -0.0298. The molecule has 0 spiro atoms. The Morgan fingerprint density at radius 2 is 1.47 bits per heavy atom. The monoisotopic (exact) mass is 520 g/mol. The predicted octanol–water partition coefficient (Wildman–Crippen LogP) is 5.07. The molecule has 0 fully saturated rings. The number of aryl methyl sites for hydroxylation is 1. The number of carbonyl (C=O) groups is 3. The van der Waals surface area contributed by atoms with E-state index in [0.29, 0.717) is 41.4 Å². The Bertz CT molecular complexity index is 1240. The number of hydrogen-bond acceptors (Lipinski definition) is 8. The lowest BCUT2D eigenvalue weighted by Crippen LogP contribution is -2.31. The second kappa shape index (κ2) is 14.5. The zero-order chi connectivity index (χ0) is 27.3. The van der Waals surface area contributed by atoms with Crippen LogP contribution in [0.5, 0.6) is 11.5 Å². The molecule has 3 aromatic rings. The first-order chi connectivity index (χ1) is 18.4. The fourth-order valence-corrected chi connectivity index (χ4v) is 3.58. The minimum atomic E-state index is -0.947. The molecule has 1 atom stereocenters. The van der Waals surface area contributed by atoms with Gasteiger partial charge in [-0.1, -0.05) is 35.9 Å². The first-order valence-electron chi connectivity index (χ1n) is 12.4. The first kappa shape index (κ1) is 28.4. The quantitative estimate of drug-likeness (QED) is 0.215. The summed E-state index contributed by atoms with van der Waals surface area (Å²) in [6.45, 7) is 5.72. The lowest BCUT2D eigenvalue weighted by atomic mass is 10.1. The van der Waals surface area contributed by atoms with E-state index in [1.54, 1.807) is 66.7 Å². The van der Waals surface area contributed by atoms with Crippen molar-refractivity contribution in [1.82, 2.24) is 0 Å². The molecule has 1 unspecified atom stereocenters. The van der Waals surface area contributed by atoms with Gasteiger partial charge >= 0.3 is 11.9 Å². The van der Waals surface area contributed by atoms with E-state index in [9.17, 15) is 14.4 Å². The Hall–Kier alpha value is -4.17. The fraction of sp³-hybridized carbons (Fsp3) is 0.300. The van der Waals surface area contributed by atoms with Crippen molar-refractivity contribution in [2.75, 3.05) is 33.0 Å². The third kappa shape index (κ3) is 8.45. The van der Waals surface area contributed by atoms with Gasteiger partial charge in [-0.25, -0.2) is 9.59 Å². The van der Waals surface area contributed by atoms with Crippen LogP contribution in [0.4, 0.5) is 0 Å². The highest BCUT2D eigenvalue weighted by Gasteiger charge is 2.21. The van der Waals surface area contributed by atoms with Crippen molar-refractivity contribution >= 4 is 17.7 Å². The van der Waals surface area contributed by atoms with Crippen molar-refractivity contribution in [2.24, 2.45) is 0 Å². The average molecular weight is 521 g/mol. The van der Waals surface area contributed by atoms with Crippen molar-refractivity contribution in [3.63, 3.8) is 0 Å². The summed E-state index contributed by atoms with van der Waals surface area (Å²) >= 11 is 0. The van der Waals surface area contributed by atoms with Crippen molar-refractivity contribution in [3.8, 4) is 11.5 Å². The number of para-hydroxylation sites is 1. The van der Waals surface area contributed by atoms with Gasteiger partial charge in [-0.05, 0) is 63.2 Å². The number of Topliss-reactive ketones (excluding diaryl/α,β-unsaturated/α-hetero) is 1. The Morgan fingerprint density at radius 1 is 0.763 bits per heavy atom. The molecular formula is C30H32O8. The molecule has 8 heteroatoms. The van der Waals surface area contributed by atoms with E-state index in [-0.39, 0.29) is 25.6 Å². The van der Waals surface area contributed by atoms with Crippen LogP contribution in [0.15, 0.2) is 72.8 Å². The van der Waals surface area contributed by atoms with E-state index in [1.165, 1.54) is 0 Å². The number of esters is 2. The van der Waals surface area contributed by atoms with Gasteiger partial charge in [0, 0.05) is 0 Å². The van der Waals surface area contributed by atoms with Crippen molar-refractivity contribution in [1.29, 1.82) is 0 Å². The second-order valence-corrected chi connectivity index (χ2v) is 8.32. The van der Waals surface area contributed by atoms with Crippen LogP contribution in [0.2, 0.25) is 0 Å². The Labute approximate surface area is 222 Å². The highest BCUT2D eigenvalue weighted by atomic mass is 16.6. The van der Waals surface area contributed by atoms with Crippen LogP contribution in [0.1, 0.15) is 50.5 Å². The molecule has 200 valence electrons. The molecule has 0 bridgehead atoms. The van der Waals surface area contributed by atoms with E-state index in [0.717, 1.165) is 5.56 Å². The van der Waals surface area contributed by atoms with Crippen molar-refractivity contribution in [2.45, 2.75) is 26.9 Å². The molecular weight excluding hydrogens is 488 g/mol. The standard InChI is InChI=1S/C30H32O8/c1-4-35-24-13-9-12-23(17-24)29(32)37-19-25(38-30(33)22-11-8-10-21(3)16-22)18-34-20-27(31)26-14-6-7-15-28(26)36-5-2/h6-17,25H,4-5,18-20H2,1-3H3. The summed E-state index contributed by atoms with van der Waals surface area (Å²) in [5, 5.41) is 0. The minimum absolute atomic E-state index is 0.160. The van der Waals surface area contributed by atoms with Crippen LogP contribution in [0, 0.1) is 6.92 Å². The van der Waals surface area contributed by atoms with E-state index < -0.39 is 18.0 Å². The maximum Gasteiger partial charge on any atom is 0.338 e. The molecule has 0 saturated carbocycles. The Morgan fingerprint density at radius 3 is 2.21 bits per heavy atom. The summed E-state index contributed by atoms with van der Waals surface area (Å²) in [7, 11) is 0. The number of ether oxygens (including phenoxy) is 5. The third-order valence-corrected chi connectivity index (χ3v) is 5.33. The molecule has 0 N–H and O–H groups in total. The highest BCUT2D eigenvalue weighted by molar-refractivity contribution is 5.99. The van der Waals surface area contributed by atoms with Crippen LogP contribution < -0.4 is 9.47 Å². The summed E-state index contributed by atoms with van der Waals surface area (Å²) in [6, 6.07) is 20.4. The molecule has 0 aromatic heterocycles. The van der Waals surface area contributed by atoms with Crippen LogP contribution in [0.25, 0.3) is 0 Å². The molecule has 0 heterocycles. The Kier molecular flexibility index (Phi) is 10.9. The minimum Gasteiger partial charge on any atom is -0.494 e. The summed E-state index contributed by atoms with van der Waals surface area (Å²) in [5.74, 6) is -0.482. The van der Waals surface area contributed by atoms with Gasteiger partial charge in [0.2, 0.25) is 0 Å². The first-order valence-corrected chi connectivity index (χ1v) is 12.4. The van der Waals surface area contributed by atoms with Crippen LogP contribution in [-0.4, -0.2) is 56.9 Å². The molecule has 0 aliphatic heterocycles. The summed E-state index contributed by atoms with van der Waals surface area (Å²) < 4.78 is 27.6. The predicted molar refractivity (Wildman–Crippen MR) is 141 cm³/mol. The summed E-state index contributed by atoms with van der Waals surface area (Å²) in [4.78, 5) is 38.1. The third-order valence-electron chi connectivity index (χ3n) is 5.33. The highest BCUT2D eigenvalue weighted by Crippen LogP contribution is 2.19. The maximum atomic E-state index is 12.8. The van der Waals surface area contributed by atoms with Crippen LogP contribution in [-0.2, 0) is 14.2 Å². The molecule has 0 aliphatic carbocycles. The van der Waals surface area contributed by atoms with E-state index >= 15 is 0 Å². The zero-order valence-corrected chi connectivity index (χ0v) is 21.8. The van der Waals surface area contributed by atoms with Crippen LogP contribution in [0.3, 0.4) is 0 Å². The van der Waals surface area contributed by atoms with Gasteiger partial charge in [0.15, 0.2) is 11.9 Å². The smallest absolute Gasteiger partial charge is 0.338 e. The summed E-state index contributed by atoms with van der Waals surface area (Å²) in [6.07, 6.45) is -0.947. The topological polar surface area (TPSA) is 97.4 Å². The van der Waals surface area contributed by atoms with Gasteiger partial charge in [0.1, 0.15) is 24.7 Å². The zero-order valence-electron chi connectivity index (χ0n) is 21.8. The lowest BCUT2D eigenvalue weighted by Gasteiger charge is -2.18. The fourth-order valence-electron chi connectivity index (χ4n) is 3.58. The van der Waals surface area contributed by atoms with Gasteiger partial charge in [-0.3, -0.25) is 4.79 Å². The van der Waals surface area contributed by atoms with Gasteiger partial charge < -0.3 is 23.7 Å². The molecule has 0 aliphatic rings. The largest absolute Gasteiger partial charge is 0.494 e. The van der Waals surface area contributed by atoms with Crippen molar-refractivity contribution in [3.05, 3.63) is 95.1 Å². The number of ketones is 1. The van der Waals surface area contributed by atoms with E-state index in [4.69, 9.17) is 23.7 Å². The number of carbonyl (C=O) groups excluding carboxylic acids is 3. The molecule has 0 radical (unpaired) electrons. The van der Waals surface area contributed by atoms with E-state index in [2.05, 4.69) is 0 Å². The average Bonchev–Trinajstić information content (AvgIpc) is 2.92. The van der Waals surface area contributed by atoms with Gasteiger partial charge in [0.25, 0.3) is 0 Å². The van der Waals surface area contributed by atoms with Gasteiger partial charge in [0.05, 0.1) is 36.5 Å².